The summed E-state index contributed by atoms with van der Waals surface area (Å²) in [5.41, 5.74) is 8.05. The Labute approximate surface area is 169 Å². The van der Waals surface area contributed by atoms with Gasteiger partial charge in [-0.2, -0.15) is 0 Å². The van der Waals surface area contributed by atoms with Gasteiger partial charge in [-0.25, -0.2) is 4.90 Å². The van der Waals surface area contributed by atoms with Crippen molar-refractivity contribution in [3.63, 3.8) is 0 Å². The molecule has 0 aromatic heterocycles. The summed E-state index contributed by atoms with van der Waals surface area (Å²) in [6.45, 7) is 4.94. The van der Waals surface area contributed by atoms with Crippen molar-refractivity contribution >= 4 is 23.2 Å². The Bertz CT molecular complexity index is 756. The fourth-order valence-electron chi connectivity index (χ4n) is 4.52. The largest absolute Gasteiger partial charge is 0.330 e. The van der Waals surface area contributed by atoms with Gasteiger partial charge in [0.2, 0.25) is 0 Å². The van der Waals surface area contributed by atoms with Crippen molar-refractivity contribution in [1.82, 2.24) is 15.5 Å². The highest BCUT2D eigenvalue weighted by Gasteiger charge is 2.51. The molecule has 2 fully saturated rings. The number of benzene rings is 1. The molecule has 0 bridgehead atoms. The summed E-state index contributed by atoms with van der Waals surface area (Å²) in [6.07, 6.45) is 2.64. The molecule has 6 nitrogen and oxygen atoms in total. The molecule has 0 amide bonds. The quantitative estimate of drug-likeness (QED) is 0.523. The molecule has 3 heterocycles. The molecule has 146 valence electrons. The van der Waals surface area contributed by atoms with Crippen LogP contribution in [-0.4, -0.2) is 55.1 Å². The molecular formula is C19H26Cl2N5O+. The number of likely N-dealkylation sites (tertiary alicyclic amines) is 1. The molecule has 0 radical (unpaired) electrons. The van der Waals surface area contributed by atoms with Crippen LogP contribution >= 0.6 is 23.2 Å². The van der Waals surface area contributed by atoms with Crippen LogP contribution in [0.5, 0.6) is 0 Å². The highest BCUT2D eigenvalue weighted by Crippen LogP contribution is 2.35. The van der Waals surface area contributed by atoms with Gasteiger partial charge in [-0.3, -0.25) is 5.32 Å². The maximum absolute atomic E-state index is 13.5. The average Bonchev–Trinajstić information content (AvgIpc) is 3.35. The predicted octanol–water partition coefficient (Wildman–Crippen LogP) is 2.13. The number of hydrogen-bond acceptors (Lipinski definition) is 5. The number of nitroso groups, excluding NO2 is 1. The lowest BCUT2D eigenvalue weighted by molar-refractivity contribution is -0.668. The van der Waals surface area contributed by atoms with E-state index >= 15 is 0 Å². The summed E-state index contributed by atoms with van der Waals surface area (Å²) in [5, 5.41) is 7.75. The SMILES string of the molecule is NCC1CCN(C2C(C3=CCNC3)CNC(c3ccc(Cl)c(Cl)c3)[N+]2=O)C1. The molecule has 0 saturated carbocycles. The number of halogens is 2. The minimum Gasteiger partial charge on any atom is -0.330 e. The van der Waals surface area contributed by atoms with Gasteiger partial charge in [0, 0.05) is 48.0 Å². The van der Waals surface area contributed by atoms with E-state index in [1.807, 2.05) is 6.07 Å². The van der Waals surface area contributed by atoms with Crippen LogP contribution < -0.4 is 16.4 Å². The standard InChI is InChI=1S/C19H26Cl2N5O/c20-16-2-1-13(7-17(16)21)18-24-10-15(14-3-5-23-9-14)19(26(18)27)25-6-4-12(8-22)11-25/h1-3,7,12,15,18-19,23-24H,4-6,8-11,22H2/q+1. The van der Waals surface area contributed by atoms with Crippen molar-refractivity contribution < 1.29 is 4.76 Å². The molecule has 2 saturated heterocycles. The van der Waals surface area contributed by atoms with E-state index in [2.05, 4.69) is 21.6 Å². The summed E-state index contributed by atoms with van der Waals surface area (Å²) in [5.74, 6) is 0.626. The van der Waals surface area contributed by atoms with Gasteiger partial charge >= 0.3 is 0 Å². The van der Waals surface area contributed by atoms with Crippen molar-refractivity contribution in [2.45, 2.75) is 18.8 Å². The molecule has 27 heavy (non-hydrogen) atoms. The molecule has 8 heteroatoms. The molecule has 4 atom stereocenters. The van der Waals surface area contributed by atoms with Crippen LogP contribution in [0.25, 0.3) is 0 Å². The van der Waals surface area contributed by atoms with Gasteiger partial charge in [-0.15, -0.1) is 0 Å². The highest BCUT2D eigenvalue weighted by molar-refractivity contribution is 6.42. The van der Waals surface area contributed by atoms with Gasteiger partial charge in [0.25, 0.3) is 12.3 Å². The zero-order valence-electron chi connectivity index (χ0n) is 15.2. The second-order valence-corrected chi connectivity index (χ2v) is 8.47. The zero-order chi connectivity index (χ0) is 19.0. The second-order valence-electron chi connectivity index (χ2n) is 7.66. The fourth-order valence-corrected chi connectivity index (χ4v) is 4.83. The first-order valence-electron chi connectivity index (χ1n) is 9.56. The van der Waals surface area contributed by atoms with E-state index in [4.69, 9.17) is 28.9 Å². The Hall–Kier alpha value is -1.02. The first kappa shape index (κ1) is 19.3. The summed E-state index contributed by atoms with van der Waals surface area (Å²) in [6, 6.07) is 5.41. The Morgan fingerprint density at radius 2 is 2.15 bits per heavy atom. The molecule has 3 aliphatic heterocycles. The summed E-state index contributed by atoms with van der Waals surface area (Å²) in [4.78, 5) is 15.8. The van der Waals surface area contributed by atoms with Gasteiger partial charge in [0.1, 0.15) is 0 Å². The van der Waals surface area contributed by atoms with Crippen molar-refractivity contribution in [2.24, 2.45) is 17.6 Å². The topological polar surface area (TPSA) is 73.4 Å². The van der Waals surface area contributed by atoms with Gasteiger partial charge in [-0.05, 0) is 42.7 Å². The van der Waals surface area contributed by atoms with Crippen LogP contribution in [-0.2, 0) is 0 Å². The maximum atomic E-state index is 13.5. The van der Waals surface area contributed by atoms with Crippen molar-refractivity contribution in [3.05, 3.63) is 50.4 Å². The number of hydrogen-bond donors (Lipinski definition) is 3. The molecule has 1 aromatic carbocycles. The molecule has 0 aliphatic carbocycles. The Kier molecular flexibility index (Phi) is 5.83. The summed E-state index contributed by atoms with van der Waals surface area (Å²) >= 11 is 12.2. The first-order valence-corrected chi connectivity index (χ1v) is 10.3. The van der Waals surface area contributed by atoms with E-state index in [0.29, 0.717) is 22.5 Å². The third kappa shape index (κ3) is 3.79. The van der Waals surface area contributed by atoms with E-state index in [9.17, 15) is 4.91 Å². The molecular weight excluding hydrogens is 385 g/mol. The minimum atomic E-state index is -0.437. The molecule has 4 rings (SSSR count). The number of nitrogens with two attached hydrogens (primary N) is 1. The lowest BCUT2D eigenvalue weighted by Gasteiger charge is -2.35. The Morgan fingerprint density at radius 1 is 1.30 bits per heavy atom. The fraction of sp³-hybridized carbons (Fsp3) is 0.579. The predicted molar refractivity (Wildman–Crippen MR) is 108 cm³/mol. The third-order valence-electron chi connectivity index (χ3n) is 6.00. The minimum absolute atomic E-state index is 0.160. The highest BCUT2D eigenvalue weighted by atomic mass is 35.5. The summed E-state index contributed by atoms with van der Waals surface area (Å²) < 4.78 is 1.21. The van der Waals surface area contributed by atoms with E-state index in [1.165, 1.54) is 10.3 Å². The van der Waals surface area contributed by atoms with Crippen LogP contribution in [0, 0.1) is 16.7 Å². The van der Waals surface area contributed by atoms with Crippen molar-refractivity contribution in [3.8, 4) is 0 Å². The number of nitrogens with one attached hydrogen (secondary N) is 2. The van der Waals surface area contributed by atoms with Crippen LogP contribution in [0.3, 0.4) is 0 Å². The molecule has 0 spiro atoms. The lowest BCUT2D eigenvalue weighted by Crippen LogP contribution is -2.58. The van der Waals surface area contributed by atoms with Crippen LogP contribution in [0.1, 0.15) is 18.2 Å². The van der Waals surface area contributed by atoms with E-state index in [0.717, 1.165) is 44.7 Å². The molecule has 4 unspecified atom stereocenters. The number of rotatable bonds is 4. The Morgan fingerprint density at radius 3 is 2.81 bits per heavy atom. The normalized spacial score (nSPS) is 32.1. The van der Waals surface area contributed by atoms with Crippen molar-refractivity contribution in [1.29, 1.82) is 0 Å². The average molecular weight is 411 g/mol. The van der Waals surface area contributed by atoms with Crippen LogP contribution in [0.15, 0.2) is 29.8 Å². The third-order valence-corrected chi connectivity index (χ3v) is 6.74. The second kappa shape index (κ2) is 8.15. The molecule has 3 aliphatic rings. The summed E-state index contributed by atoms with van der Waals surface area (Å²) in [7, 11) is 0. The maximum Gasteiger partial charge on any atom is 0.282 e. The lowest BCUT2D eigenvalue weighted by atomic mass is 9.91. The Balaban J connectivity index is 1.63. The number of nitrogens with zero attached hydrogens (tertiary/aromatic N) is 2. The van der Waals surface area contributed by atoms with Gasteiger partial charge in [0.15, 0.2) is 0 Å². The monoisotopic (exact) mass is 410 g/mol. The van der Waals surface area contributed by atoms with Gasteiger partial charge in [0.05, 0.1) is 16.0 Å². The molecule has 1 aromatic rings. The smallest absolute Gasteiger partial charge is 0.282 e. The molecule has 4 N–H and O–H groups in total. The van der Waals surface area contributed by atoms with E-state index in [-0.39, 0.29) is 12.1 Å². The van der Waals surface area contributed by atoms with Crippen LogP contribution in [0.4, 0.5) is 0 Å². The van der Waals surface area contributed by atoms with Gasteiger partial charge in [-0.1, -0.05) is 29.3 Å². The van der Waals surface area contributed by atoms with E-state index < -0.39 is 6.17 Å². The first-order chi connectivity index (χ1) is 13.1. The van der Waals surface area contributed by atoms with E-state index in [1.54, 1.807) is 12.1 Å². The van der Waals surface area contributed by atoms with Gasteiger partial charge < -0.3 is 11.1 Å². The van der Waals surface area contributed by atoms with Crippen molar-refractivity contribution in [2.75, 3.05) is 39.3 Å². The van der Waals surface area contributed by atoms with Crippen LogP contribution in [0.2, 0.25) is 10.0 Å². The zero-order valence-corrected chi connectivity index (χ0v) is 16.7.